The Kier molecular flexibility index (Phi) is 7.20. The maximum Gasteiger partial charge on any atom is 0.411 e. The maximum atomic E-state index is 12.6. The molecule has 0 saturated heterocycles. The second-order valence-electron chi connectivity index (χ2n) is 5.75. The summed E-state index contributed by atoms with van der Waals surface area (Å²) in [5.74, 6) is 0.364. The van der Waals surface area contributed by atoms with Gasteiger partial charge in [0.2, 0.25) is 10.0 Å². The van der Waals surface area contributed by atoms with Crippen LogP contribution in [0.2, 0.25) is 0 Å². The lowest BCUT2D eigenvalue weighted by atomic mass is 10.2. The second-order valence-corrected chi connectivity index (χ2v) is 7.51. The third-order valence-electron chi connectivity index (χ3n) is 3.66. The number of anilines is 1. The number of ether oxygens (including phenoxy) is 2. The molecule has 0 aliphatic carbocycles. The molecule has 0 heterocycles. The normalized spacial score (nSPS) is 11.1. The molecule has 0 unspecified atom stereocenters. The number of aryl methyl sites for hydroxylation is 1. The summed E-state index contributed by atoms with van der Waals surface area (Å²) in [4.78, 5) is 11.7. The van der Waals surface area contributed by atoms with Crippen LogP contribution in [0, 0.1) is 6.92 Å². The summed E-state index contributed by atoms with van der Waals surface area (Å²) in [7, 11) is -3.77. The summed E-state index contributed by atoms with van der Waals surface area (Å²) in [6, 6.07) is 11.8. The van der Waals surface area contributed by atoms with Gasteiger partial charge in [-0.05, 0) is 44.5 Å². The highest BCUT2D eigenvalue weighted by Gasteiger charge is 2.18. The van der Waals surface area contributed by atoms with E-state index >= 15 is 0 Å². The van der Waals surface area contributed by atoms with Crippen molar-refractivity contribution in [2.75, 3.05) is 18.5 Å². The van der Waals surface area contributed by atoms with Crippen LogP contribution in [0.3, 0.4) is 0 Å². The van der Waals surface area contributed by atoms with Gasteiger partial charge in [-0.25, -0.2) is 17.9 Å². The number of carbonyl (C=O) groups is 1. The molecule has 27 heavy (non-hydrogen) atoms. The number of rotatable bonds is 8. The van der Waals surface area contributed by atoms with E-state index in [1.165, 1.54) is 18.2 Å². The third-order valence-corrected chi connectivity index (χ3v) is 5.06. The van der Waals surface area contributed by atoms with Crippen LogP contribution in [-0.4, -0.2) is 27.7 Å². The first kappa shape index (κ1) is 20.7. The molecule has 2 aromatic rings. The van der Waals surface area contributed by atoms with E-state index in [0.717, 1.165) is 11.1 Å². The average molecular weight is 392 g/mol. The summed E-state index contributed by atoms with van der Waals surface area (Å²) >= 11 is 0. The van der Waals surface area contributed by atoms with E-state index in [-0.39, 0.29) is 23.7 Å². The summed E-state index contributed by atoms with van der Waals surface area (Å²) in [6.45, 7) is 6.17. The van der Waals surface area contributed by atoms with Crippen LogP contribution >= 0.6 is 0 Å². The van der Waals surface area contributed by atoms with Gasteiger partial charge in [-0.15, -0.1) is 0 Å². The van der Waals surface area contributed by atoms with Crippen molar-refractivity contribution >= 4 is 21.8 Å². The smallest absolute Gasteiger partial charge is 0.411 e. The van der Waals surface area contributed by atoms with Gasteiger partial charge in [0.05, 0.1) is 23.8 Å². The Morgan fingerprint density at radius 1 is 1.04 bits per heavy atom. The van der Waals surface area contributed by atoms with Crippen LogP contribution < -0.4 is 14.8 Å². The molecule has 0 aliphatic rings. The highest BCUT2D eigenvalue weighted by molar-refractivity contribution is 7.89. The molecule has 0 radical (unpaired) electrons. The van der Waals surface area contributed by atoms with Gasteiger partial charge in [-0.2, -0.15) is 0 Å². The van der Waals surface area contributed by atoms with Crippen molar-refractivity contribution < 1.29 is 22.7 Å². The minimum Gasteiger partial charge on any atom is -0.492 e. The molecule has 2 aromatic carbocycles. The lowest BCUT2D eigenvalue weighted by Crippen LogP contribution is -2.23. The molecular weight excluding hydrogens is 368 g/mol. The highest BCUT2D eigenvalue weighted by atomic mass is 32.2. The van der Waals surface area contributed by atoms with Gasteiger partial charge >= 0.3 is 6.09 Å². The fourth-order valence-electron chi connectivity index (χ4n) is 2.30. The van der Waals surface area contributed by atoms with Gasteiger partial charge in [0.1, 0.15) is 5.75 Å². The molecule has 8 heteroatoms. The zero-order valence-electron chi connectivity index (χ0n) is 15.6. The molecule has 2 rings (SSSR count). The summed E-state index contributed by atoms with van der Waals surface area (Å²) < 4.78 is 38.1. The minimum absolute atomic E-state index is 0.0184. The number of benzene rings is 2. The van der Waals surface area contributed by atoms with Gasteiger partial charge in [0, 0.05) is 6.54 Å². The third kappa shape index (κ3) is 5.97. The topological polar surface area (TPSA) is 93.7 Å². The van der Waals surface area contributed by atoms with Crippen LogP contribution in [0.5, 0.6) is 5.75 Å². The molecule has 0 bridgehead atoms. The van der Waals surface area contributed by atoms with Crippen molar-refractivity contribution in [3.63, 3.8) is 0 Å². The molecule has 0 spiro atoms. The summed E-state index contributed by atoms with van der Waals surface area (Å²) in [5.41, 5.74) is 2.18. The van der Waals surface area contributed by atoms with E-state index in [1.807, 2.05) is 31.2 Å². The molecule has 1 amide bonds. The first-order chi connectivity index (χ1) is 12.9. The van der Waals surface area contributed by atoms with Gasteiger partial charge < -0.3 is 9.47 Å². The molecule has 0 aromatic heterocycles. The fourth-order valence-corrected chi connectivity index (χ4v) is 3.34. The predicted molar refractivity (Wildman–Crippen MR) is 103 cm³/mol. The number of hydrogen-bond acceptors (Lipinski definition) is 5. The van der Waals surface area contributed by atoms with Crippen LogP contribution in [0.1, 0.15) is 25.0 Å². The molecule has 0 fully saturated rings. The van der Waals surface area contributed by atoms with E-state index in [9.17, 15) is 13.2 Å². The molecule has 2 N–H and O–H groups in total. The van der Waals surface area contributed by atoms with E-state index in [0.29, 0.717) is 12.4 Å². The monoisotopic (exact) mass is 392 g/mol. The molecule has 0 atom stereocenters. The Hall–Kier alpha value is -2.58. The van der Waals surface area contributed by atoms with Crippen molar-refractivity contribution in [3.8, 4) is 5.75 Å². The van der Waals surface area contributed by atoms with Crippen molar-refractivity contribution in [1.29, 1.82) is 0 Å². The quantitative estimate of drug-likeness (QED) is 0.718. The first-order valence-corrected chi connectivity index (χ1v) is 10.1. The van der Waals surface area contributed by atoms with Crippen molar-refractivity contribution in [2.24, 2.45) is 0 Å². The standard InChI is InChI=1S/C19H24N2O5S/c1-4-25-18-11-10-16(12-17(18)21-19(22)26-5-2)27(23,24)20-13-15-8-6-14(3)7-9-15/h6-12,20H,4-5,13H2,1-3H3,(H,21,22). The summed E-state index contributed by atoms with van der Waals surface area (Å²) in [6.07, 6.45) is -0.680. The molecule has 146 valence electrons. The Morgan fingerprint density at radius 2 is 1.74 bits per heavy atom. The predicted octanol–water partition coefficient (Wildman–Crippen LogP) is 3.44. The van der Waals surface area contributed by atoms with Crippen LogP contribution in [0.25, 0.3) is 0 Å². The highest BCUT2D eigenvalue weighted by Crippen LogP contribution is 2.28. The number of amides is 1. The lowest BCUT2D eigenvalue weighted by Gasteiger charge is -2.14. The second kappa shape index (κ2) is 9.38. The van der Waals surface area contributed by atoms with Crippen molar-refractivity contribution in [3.05, 3.63) is 53.6 Å². The van der Waals surface area contributed by atoms with Crippen LogP contribution in [0.15, 0.2) is 47.4 Å². The number of nitrogens with one attached hydrogen (secondary N) is 2. The molecule has 0 aliphatic heterocycles. The van der Waals surface area contributed by atoms with Crippen LogP contribution in [0.4, 0.5) is 10.5 Å². The maximum absolute atomic E-state index is 12.6. The van der Waals surface area contributed by atoms with E-state index < -0.39 is 16.1 Å². The fraction of sp³-hybridized carbons (Fsp3) is 0.316. The molecule has 7 nitrogen and oxygen atoms in total. The molecule has 0 saturated carbocycles. The van der Waals surface area contributed by atoms with E-state index in [2.05, 4.69) is 10.0 Å². The SMILES string of the molecule is CCOC(=O)Nc1cc(S(=O)(=O)NCc2ccc(C)cc2)ccc1OCC. The van der Waals surface area contributed by atoms with Crippen molar-refractivity contribution in [2.45, 2.75) is 32.2 Å². The van der Waals surface area contributed by atoms with Crippen molar-refractivity contribution in [1.82, 2.24) is 4.72 Å². The lowest BCUT2D eigenvalue weighted by molar-refractivity contribution is 0.167. The Bertz CT molecular complexity index is 879. The number of sulfonamides is 1. The number of carbonyl (C=O) groups excluding carboxylic acids is 1. The first-order valence-electron chi connectivity index (χ1n) is 8.61. The Balaban J connectivity index is 2.21. The van der Waals surface area contributed by atoms with Gasteiger partial charge in [-0.3, -0.25) is 5.32 Å². The van der Waals surface area contributed by atoms with E-state index in [4.69, 9.17) is 9.47 Å². The van der Waals surface area contributed by atoms with E-state index in [1.54, 1.807) is 13.8 Å². The van der Waals surface area contributed by atoms with Gasteiger partial charge in [0.25, 0.3) is 0 Å². The summed E-state index contributed by atoms with van der Waals surface area (Å²) in [5, 5.41) is 2.51. The Labute approximate surface area is 159 Å². The largest absolute Gasteiger partial charge is 0.492 e. The van der Waals surface area contributed by atoms with Gasteiger partial charge in [-0.1, -0.05) is 29.8 Å². The Morgan fingerprint density at radius 3 is 2.37 bits per heavy atom. The molecular formula is C19H24N2O5S. The number of hydrogen-bond donors (Lipinski definition) is 2. The zero-order valence-corrected chi connectivity index (χ0v) is 16.4. The minimum atomic E-state index is -3.77. The average Bonchev–Trinajstić information content (AvgIpc) is 2.63. The van der Waals surface area contributed by atoms with Gasteiger partial charge in [0.15, 0.2) is 0 Å². The van der Waals surface area contributed by atoms with Crippen LogP contribution in [-0.2, 0) is 21.3 Å². The zero-order chi connectivity index (χ0) is 19.9.